The number of ether oxygens (including phenoxy) is 2. The van der Waals surface area contributed by atoms with E-state index in [1.165, 1.54) is 0 Å². The van der Waals surface area contributed by atoms with Crippen molar-refractivity contribution in [3.8, 4) is 11.5 Å². The summed E-state index contributed by atoms with van der Waals surface area (Å²) in [5.41, 5.74) is 3.29. The molecule has 3 aromatic rings. The number of aromatic nitrogens is 2. The Morgan fingerprint density at radius 1 is 1.18 bits per heavy atom. The maximum atomic E-state index is 12.0. The number of carbonyl (C=O) groups excluding carboxylic acids is 1. The summed E-state index contributed by atoms with van der Waals surface area (Å²) in [4.78, 5) is 12.0. The normalized spacial score (nSPS) is 11.2. The number of thioether (sulfide) groups is 1. The van der Waals surface area contributed by atoms with E-state index in [0.29, 0.717) is 28.3 Å². The van der Waals surface area contributed by atoms with Crippen LogP contribution >= 0.6 is 35.0 Å². The molecule has 1 N–H and O–H groups in total. The van der Waals surface area contributed by atoms with Crippen LogP contribution in [0.4, 0.5) is 0 Å². The van der Waals surface area contributed by atoms with Crippen molar-refractivity contribution in [3.05, 3.63) is 64.0 Å². The lowest BCUT2D eigenvalue weighted by molar-refractivity contribution is -0.118. The van der Waals surface area contributed by atoms with Gasteiger partial charge in [-0.25, -0.2) is 5.43 Å². The van der Waals surface area contributed by atoms with Gasteiger partial charge in [-0.15, -0.1) is 10.2 Å². The number of halogens is 2. The minimum Gasteiger partial charge on any atom is -0.493 e. The Hall–Kier alpha value is -2.75. The van der Waals surface area contributed by atoms with Gasteiger partial charge in [0.15, 0.2) is 6.61 Å². The largest absolute Gasteiger partial charge is 0.493 e. The van der Waals surface area contributed by atoms with Gasteiger partial charge in [-0.3, -0.25) is 4.79 Å². The number of nitrogens with zero attached hydrogens (tertiary/aromatic N) is 3. The van der Waals surface area contributed by atoms with E-state index in [2.05, 4.69) is 34.6 Å². The average molecular weight is 509 g/mol. The van der Waals surface area contributed by atoms with Gasteiger partial charge in [0, 0.05) is 5.02 Å². The molecule has 11 heteroatoms. The Morgan fingerprint density at radius 3 is 2.70 bits per heavy atom. The van der Waals surface area contributed by atoms with Gasteiger partial charge in [0.05, 0.1) is 23.6 Å². The highest BCUT2D eigenvalue weighted by Gasteiger charge is 2.11. The highest BCUT2D eigenvalue weighted by Crippen LogP contribution is 2.28. The molecule has 0 atom stereocenters. The number of hydrogen-bond donors (Lipinski definition) is 1. The van der Waals surface area contributed by atoms with Gasteiger partial charge in [0.1, 0.15) is 11.5 Å². The van der Waals surface area contributed by atoms with Crippen LogP contribution in [0.25, 0.3) is 0 Å². The van der Waals surface area contributed by atoms with E-state index >= 15 is 0 Å². The van der Waals surface area contributed by atoms with Crippen molar-refractivity contribution in [1.29, 1.82) is 0 Å². The summed E-state index contributed by atoms with van der Waals surface area (Å²) in [5, 5.41) is 12.9. The van der Waals surface area contributed by atoms with Crippen molar-refractivity contribution in [1.82, 2.24) is 15.6 Å². The minimum absolute atomic E-state index is 0.0344. The van der Waals surface area contributed by atoms with Gasteiger partial charge in [-0.2, -0.15) is 5.10 Å². The smallest absolute Gasteiger partial charge is 0.277 e. The zero-order chi connectivity index (χ0) is 23.6. The van der Waals surface area contributed by atoms with E-state index in [4.69, 9.17) is 37.1 Å². The molecule has 0 radical (unpaired) electrons. The minimum atomic E-state index is -0.308. The molecule has 0 aliphatic heterocycles. The fourth-order valence-corrected chi connectivity index (χ4v) is 3.37. The average Bonchev–Trinajstić information content (AvgIpc) is 3.24. The second kappa shape index (κ2) is 12.5. The summed E-state index contributed by atoms with van der Waals surface area (Å²) >= 11 is 13.0. The maximum Gasteiger partial charge on any atom is 0.277 e. The molecule has 1 heterocycles. The topological polar surface area (TPSA) is 98.8 Å². The molecule has 0 saturated heterocycles. The molecule has 0 bridgehead atoms. The molecule has 8 nitrogen and oxygen atoms in total. The van der Waals surface area contributed by atoms with Crippen LogP contribution in [-0.4, -0.2) is 34.7 Å². The number of amides is 1. The highest BCUT2D eigenvalue weighted by molar-refractivity contribution is 7.99. The SMILES string of the molecule is CC(C)COc1ccc(/C=N\NC(=O)CSc2nnc(COc3ccc(Cl)cc3Cl)o2)cc1. The second-order valence-corrected chi connectivity index (χ2v) is 8.95. The van der Waals surface area contributed by atoms with Gasteiger partial charge >= 0.3 is 0 Å². The van der Waals surface area contributed by atoms with Crippen LogP contribution in [0, 0.1) is 5.92 Å². The molecule has 0 aliphatic rings. The van der Waals surface area contributed by atoms with Gasteiger partial charge < -0.3 is 13.9 Å². The van der Waals surface area contributed by atoms with Crippen LogP contribution in [0.2, 0.25) is 10.0 Å². The molecule has 174 valence electrons. The van der Waals surface area contributed by atoms with Crippen LogP contribution in [0.15, 0.2) is 57.2 Å². The van der Waals surface area contributed by atoms with E-state index in [1.54, 1.807) is 24.4 Å². The molecule has 0 fully saturated rings. The molecule has 1 amide bonds. The van der Waals surface area contributed by atoms with E-state index in [-0.39, 0.29) is 29.4 Å². The van der Waals surface area contributed by atoms with Crippen LogP contribution in [0.1, 0.15) is 25.3 Å². The summed E-state index contributed by atoms with van der Waals surface area (Å²) in [7, 11) is 0. The fourth-order valence-electron chi connectivity index (χ4n) is 2.34. The Balaban J connectivity index is 1.39. The van der Waals surface area contributed by atoms with Gasteiger partial charge in [0.25, 0.3) is 17.0 Å². The summed E-state index contributed by atoms with van der Waals surface area (Å²) < 4.78 is 16.6. The summed E-state index contributed by atoms with van der Waals surface area (Å²) in [6, 6.07) is 12.3. The molecule has 3 rings (SSSR count). The van der Waals surface area contributed by atoms with Crippen molar-refractivity contribution >= 4 is 47.1 Å². The first-order valence-electron chi connectivity index (χ1n) is 9.97. The van der Waals surface area contributed by atoms with Gasteiger partial charge in [-0.05, 0) is 53.9 Å². The molecule has 1 aromatic heterocycles. The van der Waals surface area contributed by atoms with Crippen molar-refractivity contribution in [2.24, 2.45) is 11.0 Å². The Kier molecular flexibility index (Phi) is 9.41. The predicted molar refractivity (Wildman–Crippen MR) is 128 cm³/mol. The molecule has 2 aromatic carbocycles. The predicted octanol–water partition coefficient (Wildman–Crippen LogP) is 5.23. The van der Waals surface area contributed by atoms with E-state index in [1.807, 2.05) is 24.3 Å². The van der Waals surface area contributed by atoms with Crippen LogP contribution in [-0.2, 0) is 11.4 Å². The molecular formula is C22H22Cl2N4O4S. The lowest BCUT2D eigenvalue weighted by Crippen LogP contribution is -2.19. The van der Waals surface area contributed by atoms with Crippen molar-refractivity contribution in [2.45, 2.75) is 25.7 Å². The molecule has 0 aliphatic carbocycles. The monoisotopic (exact) mass is 508 g/mol. The third-order valence-electron chi connectivity index (χ3n) is 3.89. The molecule has 33 heavy (non-hydrogen) atoms. The first-order valence-corrected chi connectivity index (χ1v) is 11.7. The standard InChI is InChI=1S/C22H22Cl2N4O4S/c1-14(2)11-30-17-6-3-15(4-7-17)10-25-26-20(29)13-33-22-28-27-21(32-22)12-31-19-8-5-16(23)9-18(19)24/h3-10,14H,11-13H2,1-2H3,(H,26,29)/b25-10-. The molecule has 0 spiro atoms. The van der Waals surface area contributed by atoms with Crippen LogP contribution in [0.5, 0.6) is 11.5 Å². The Bertz CT molecular complexity index is 1090. The zero-order valence-corrected chi connectivity index (χ0v) is 20.3. The van der Waals surface area contributed by atoms with Crippen LogP contribution in [0.3, 0.4) is 0 Å². The second-order valence-electron chi connectivity index (χ2n) is 7.18. The van der Waals surface area contributed by atoms with E-state index in [0.717, 1.165) is 23.1 Å². The highest BCUT2D eigenvalue weighted by atomic mass is 35.5. The number of rotatable bonds is 11. The van der Waals surface area contributed by atoms with Gasteiger partial charge in [0.2, 0.25) is 0 Å². The number of benzene rings is 2. The number of carbonyl (C=O) groups is 1. The molecular weight excluding hydrogens is 487 g/mol. The maximum absolute atomic E-state index is 12.0. The third kappa shape index (κ3) is 8.60. The van der Waals surface area contributed by atoms with Crippen molar-refractivity contribution in [3.63, 3.8) is 0 Å². The number of hydrogen-bond acceptors (Lipinski definition) is 8. The lowest BCUT2D eigenvalue weighted by atomic mass is 10.2. The molecule has 0 saturated carbocycles. The van der Waals surface area contributed by atoms with E-state index < -0.39 is 0 Å². The Labute approximate surface area is 205 Å². The lowest BCUT2D eigenvalue weighted by Gasteiger charge is -2.08. The zero-order valence-electron chi connectivity index (χ0n) is 18.0. The van der Waals surface area contributed by atoms with Crippen LogP contribution < -0.4 is 14.9 Å². The van der Waals surface area contributed by atoms with Crippen molar-refractivity contribution in [2.75, 3.05) is 12.4 Å². The van der Waals surface area contributed by atoms with Crippen molar-refractivity contribution < 1.29 is 18.7 Å². The first-order chi connectivity index (χ1) is 15.9. The fraction of sp³-hybridized carbons (Fsp3) is 0.273. The first kappa shape index (κ1) is 24.9. The van der Waals surface area contributed by atoms with E-state index in [9.17, 15) is 4.79 Å². The Morgan fingerprint density at radius 2 is 1.97 bits per heavy atom. The van der Waals surface area contributed by atoms with Gasteiger partial charge in [-0.1, -0.05) is 48.8 Å². The third-order valence-corrected chi connectivity index (χ3v) is 5.24. The summed E-state index contributed by atoms with van der Waals surface area (Å²) in [6.07, 6.45) is 1.55. The quantitative estimate of drug-likeness (QED) is 0.215. The number of hydrazone groups is 1. The number of nitrogens with one attached hydrogen (secondary N) is 1. The summed E-state index contributed by atoms with van der Waals surface area (Å²) in [5.74, 6) is 1.70. The summed E-state index contributed by atoms with van der Waals surface area (Å²) in [6.45, 7) is 4.87. The molecule has 0 unspecified atom stereocenters.